The lowest BCUT2D eigenvalue weighted by Crippen LogP contribution is -2.53. The van der Waals surface area contributed by atoms with Crippen molar-refractivity contribution in [2.75, 3.05) is 59.0 Å². The highest BCUT2D eigenvalue weighted by Crippen LogP contribution is 2.14. The molecule has 0 saturated carbocycles. The summed E-state index contributed by atoms with van der Waals surface area (Å²) in [5, 5.41) is 12.6. The van der Waals surface area contributed by atoms with E-state index < -0.39 is 0 Å². The maximum Gasteiger partial charge on any atom is 0.317 e. The summed E-state index contributed by atoms with van der Waals surface area (Å²) < 4.78 is 5.37. The van der Waals surface area contributed by atoms with Gasteiger partial charge in [0.1, 0.15) is 0 Å². The molecule has 1 aromatic carbocycles. The van der Waals surface area contributed by atoms with Gasteiger partial charge >= 0.3 is 6.03 Å². The van der Waals surface area contributed by atoms with Gasteiger partial charge in [-0.3, -0.25) is 9.80 Å². The molecule has 2 heterocycles. The van der Waals surface area contributed by atoms with Crippen LogP contribution in [-0.4, -0.2) is 90.9 Å². The Balaban J connectivity index is 1.37. The molecule has 0 unspecified atom stereocenters. The fourth-order valence-electron chi connectivity index (χ4n) is 3.79. The highest BCUT2D eigenvalue weighted by atomic mass is 16.5. The van der Waals surface area contributed by atoms with E-state index in [0.717, 1.165) is 77.6 Å². The number of hydrogen-bond acceptors (Lipinski definition) is 5. The molecule has 0 aliphatic carbocycles. The van der Waals surface area contributed by atoms with Crippen LogP contribution in [-0.2, 0) is 17.9 Å². The topological polar surface area (TPSA) is 68.3 Å². The fourth-order valence-corrected chi connectivity index (χ4v) is 3.79. The molecule has 7 nitrogen and oxygen atoms in total. The molecule has 0 spiro atoms. The van der Waals surface area contributed by atoms with E-state index in [-0.39, 0.29) is 18.7 Å². The molecule has 2 saturated heterocycles. The van der Waals surface area contributed by atoms with Crippen molar-refractivity contribution in [2.45, 2.75) is 32.5 Å². The second-order valence-corrected chi connectivity index (χ2v) is 7.78. The van der Waals surface area contributed by atoms with E-state index in [0.29, 0.717) is 0 Å². The first kappa shape index (κ1) is 21.0. The maximum atomic E-state index is 12.6. The average molecular weight is 391 g/mol. The molecule has 2 fully saturated rings. The highest BCUT2D eigenvalue weighted by molar-refractivity contribution is 5.74. The third kappa shape index (κ3) is 6.17. The largest absolute Gasteiger partial charge is 0.392 e. The molecular weight excluding hydrogens is 356 g/mol. The lowest BCUT2D eigenvalue weighted by atomic mass is 10.1. The lowest BCUT2D eigenvalue weighted by molar-refractivity contribution is 0.0364. The molecule has 0 bridgehead atoms. The Morgan fingerprint density at radius 1 is 1.07 bits per heavy atom. The molecule has 2 amide bonds. The predicted molar refractivity (Wildman–Crippen MR) is 109 cm³/mol. The van der Waals surface area contributed by atoms with Crippen LogP contribution < -0.4 is 5.32 Å². The van der Waals surface area contributed by atoms with Crippen LogP contribution in [0.1, 0.15) is 24.5 Å². The minimum atomic E-state index is 0.0462. The van der Waals surface area contributed by atoms with E-state index in [1.54, 1.807) is 0 Å². The number of morpholine rings is 1. The summed E-state index contributed by atoms with van der Waals surface area (Å²) in [7, 11) is 0. The van der Waals surface area contributed by atoms with Crippen molar-refractivity contribution in [3.63, 3.8) is 0 Å². The summed E-state index contributed by atoms with van der Waals surface area (Å²) in [4.78, 5) is 19.2. The Kier molecular flexibility index (Phi) is 8.09. The third-order valence-corrected chi connectivity index (χ3v) is 5.69. The Labute approximate surface area is 168 Å². The van der Waals surface area contributed by atoms with Crippen molar-refractivity contribution in [1.29, 1.82) is 0 Å². The van der Waals surface area contributed by atoms with Gasteiger partial charge in [-0.15, -0.1) is 0 Å². The smallest absolute Gasteiger partial charge is 0.317 e. The SMILES string of the molecule is C[C@H](CCN1CCOCC1)NC(=O)N1CCN(Cc2ccccc2CO)CC1. The molecule has 0 aromatic heterocycles. The number of amides is 2. The molecule has 2 aliphatic heterocycles. The van der Waals surface area contributed by atoms with Crippen molar-refractivity contribution in [3.8, 4) is 0 Å². The maximum absolute atomic E-state index is 12.6. The Bertz CT molecular complexity index is 613. The number of urea groups is 1. The average Bonchev–Trinajstić information content (AvgIpc) is 2.74. The Hall–Kier alpha value is -1.67. The van der Waals surface area contributed by atoms with Crippen LogP contribution in [0.2, 0.25) is 0 Å². The number of aliphatic hydroxyl groups excluding tert-OH is 1. The molecular formula is C21H34N4O3. The van der Waals surface area contributed by atoms with Crippen molar-refractivity contribution in [1.82, 2.24) is 20.0 Å². The summed E-state index contributed by atoms with van der Waals surface area (Å²) >= 11 is 0. The van der Waals surface area contributed by atoms with Gasteiger partial charge in [-0.2, -0.15) is 0 Å². The predicted octanol–water partition coefficient (Wildman–Crippen LogP) is 1.12. The van der Waals surface area contributed by atoms with Gasteiger partial charge in [0, 0.05) is 58.4 Å². The number of aliphatic hydroxyl groups is 1. The number of carbonyl (C=O) groups excluding carboxylic acids is 1. The summed E-state index contributed by atoms with van der Waals surface area (Å²) in [5.74, 6) is 0. The first-order chi connectivity index (χ1) is 13.7. The van der Waals surface area contributed by atoms with Crippen LogP contribution >= 0.6 is 0 Å². The van der Waals surface area contributed by atoms with Crippen LogP contribution in [0.25, 0.3) is 0 Å². The van der Waals surface area contributed by atoms with Crippen LogP contribution in [0.15, 0.2) is 24.3 Å². The standard InChI is InChI=1S/C21H34N4O3/c1-18(6-7-23-12-14-28-15-13-23)22-21(27)25-10-8-24(9-11-25)16-19-4-2-3-5-20(19)17-26/h2-5,18,26H,6-17H2,1H3,(H,22,27)/t18-/m1/s1. The monoisotopic (exact) mass is 390 g/mol. The quantitative estimate of drug-likeness (QED) is 0.730. The molecule has 2 N–H and O–H groups in total. The lowest BCUT2D eigenvalue weighted by Gasteiger charge is -2.35. The Morgan fingerprint density at radius 2 is 1.75 bits per heavy atom. The fraction of sp³-hybridized carbons (Fsp3) is 0.667. The van der Waals surface area contributed by atoms with Crippen molar-refractivity contribution < 1.29 is 14.6 Å². The zero-order valence-corrected chi connectivity index (χ0v) is 17.0. The van der Waals surface area contributed by atoms with E-state index in [2.05, 4.69) is 28.1 Å². The van der Waals surface area contributed by atoms with Crippen molar-refractivity contribution >= 4 is 6.03 Å². The molecule has 2 aliphatic rings. The van der Waals surface area contributed by atoms with E-state index in [1.807, 2.05) is 23.1 Å². The van der Waals surface area contributed by atoms with Crippen molar-refractivity contribution in [3.05, 3.63) is 35.4 Å². The van der Waals surface area contributed by atoms with E-state index in [1.165, 1.54) is 5.56 Å². The minimum Gasteiger partial charge on any atom is -0.392 e. The first-order valence-corrected chi connectivity index (χ1v) is 10.4. The van der Waals surface area contributed by atoms with Gasteiger partial charge in [-0.25, -0.2) is 4.79 Å². The second kappa shape index (κ2) is 10.8. The van der Waals surface area contributed by atoms with Gasteiger partial charge in [0.15, 0.2) is 0 Å². The number of nitrogens with zero attached hydrogens (tertiary/aromatic N) is 3. The third-order valence-electron chi connectivity index (χ3n) is 5.69. The van der Waals surface area contributed by atoms with Gasteiger partial charge in [0.05, 0.1) is 19.8 Å². The van der Waals surface area contributed by atoms with Gasteiger partial charge in [0.25, 0.3) is 0 Å². The van der Waals surface area contributed by atoms with Gasteiger partial charge in [0.2, 0.25) is 0 Å². The molecule has 0 radical (unpaired) electrons. The number of nitrogens with one attached hydrogen (secondary N) is 1. The van der Waals surface area contributed by atoms with E-state index >= 15 is 0 Å². The number of hydrogen-bond donors (Lipinski definition) is 2. The summed E-state index contributed by atoms with van der Waals surface area (Å²) in [6, 6.07) is 8.22. The Morgan fingerprint density at radius 3 is 2.43 bits per heavy atom. The van der Waals surface area contributed by atoms with Crippen molar-refractivity contribution in [2.24, 2.45) is 0 Å². The van der Waals surface area contributed by atoms with Crippen LogP contribution in [0.4, 0.5) is 4.79 Å². The van der Waals surface area contributed by atoms with Crippen LogP contribution in [0.5, 0.6) is 0 Å². The zero-order chi connectivity index (χ0) is 19.8. The molecule has 156 valence electrons. The zero-order valence-electron chi connectivity index (χ0n) is 17.0. The number of piperazine rings is 1. The molecule has 1 atom stereocenters. The summed E-state index contributed by atoms with van der Waals surface area (Å²) in [6.07, 6.45) is 0.962. The molecule has 28 heavy (non-hydrogen) atoms. The number of ether oxygens (including phenoxy) is 1. The first-order valence-electron chi connectivity index (χ1n) is 10.4. The molecule has 7 heteroatoms. The number of rotatable bonds is 7. The van der Waals surface area contributed by atoms with Gasteiger partial charge in [-0.1, -0.05) is 24.3 Å². The number of benzene rings is 1. The van der Waals surface area contributed by atoms with Gasteiger partial charge in [-0.05, 0) is 24.5 Å². The second-order valence-electron chi connectivity index (χ2n) is 7.78. The summed E-state index contributed by atoms with van der Waals surface area (Å²) in [6.45, 7) is 10.8. The minimum absolute atomic E-state index is 0.0462. The molecule has 3 rings (SSSR count). The number of carbonyl (C=O) groups is 1. The van der Waals surface area contributed by atoms with Crippen LogP contribution in [0, 0.1) is 0 Å². The van der Waals surface area contributed by atoms with Gasteiger partial charge < -0.3 is 20.1 Å². The molecule has 1 aromatic rings. The van der Waals surface area contributed by atoms with E-state index in [9.17, 15) is 9.90 Å². The van der Waals surface area contributed by atoms with Crippen LogP contribution in [0.3, 0.4) is 0 Å². The summed E-state index contributed by atoms with van der Waals surface area (Å²) in [5.41, 5.74) is 2.15. The highest BCUT2D eigenvalue weighted by Gasteiger charge is 2.22. The van der Waals surface area contributed by atoms with E-state index in [4.69, 9.17) is 4.74 Å². The normalized spacial score (nSPS) is 20.1.